The highest BCUT2D eigenvalue weighted by molar-refractivity contribution is 6.36. The number of nitrogen functional groups attached to an aromatic ring is 1. The molecule has 1 aliphatic rings. The van der Waals surface area contributed by atoms with Crippen molar-refractivity contribution in [3.8, 4) is 5.88 Å². The van der Waals surface area contributed by atoms with Crippen LogP contribution in [0.1, 0.15) is 17.0 Å². The summed E-state index contributed by atoms with van der Waals surface area (Å²) in [5.74, 6) is 0.149. The van der Waals surface area contributed by atoms with Crippen molar-refractivity contribution in [2.24, 2.45) is 0 Å². The molecular weight excluding hydrogens is 339 g/mol. The van der Waals surface area contributed by atoms with Gasteiger partial charge in [-0.1, -0.05) is 29.3 Å². The van der Waals surface area contributed by atoms with Crippen molar-refractivity contribution in [3.63, 3.8) is 0 Å². The maximum Gasteiger partial charge on any atom is 0.235 e. The predicted molar refractivity (Wildman–Crippen MR) is 89.3 cm³/mol. The standard InChI is InChI=1S/C15H14Cl2N4O2/c1-21-12-8(13(23-2)20-15(18)19-12)6-7(14(21)22)11-9(16)4-3-5-10(11)17/h3-5,7H,6H2,1-2H3,(H2,18,19,20). The lowest BCUT2D eigenvalue weighted by atomic mass is 9.88. The van der Waals surface area contributed by atoms with E-state index in [0.29, 0.717) is 39.3 Å². The Bertz CT molecular complexity index is 777. The highest BCUT2D eigenvalue weighted by Crippen LogP contribution is 2.42. The fourth-order valence-corrected chi connectivity index (χ4v) is 3.45. The van der Waals surface area contributed by atoms with E-state index in [1.807, 2.05) is 0 Å². The number of anilines is 2. The second-order valence-electron chi connectivity index (χ2n) is 5.18. The number of ether oxygens (including phenoxy) is 1. The molecule has 0 radical (unpaired) electrons. The molecule has 6 nitrogen and oxygen atoms in total. The number of nitrogens with zero attached hydrogens (tertiary/aromatic N) is 3. The smallest absolute Gasteiger partial charge is 0.235 e. The summed E-state index contributed by atoms with van der Waals surface area (Å²) in [5, 5.41) is 0.895. The summed E-state index contributed by atoms with van der Waals surface area (Å²) in [6.07, 6.45) is 0.339. The molecule has 0 saturated carbocycles. The summed E-state index contributed by atoms with van der Waals surface area (Å²) in [6.45, 7) is 0. The first kappa shape index (κ1) is 15.8. The van der Waals surface area contributed by atoms with Crippen molar-refractivity contribution in [1.29, 1.82) is 0 Å². The summed E-state index contributed by atoms with van der Waals surface area (Å²) in [7, 11) is 3.12. The van der Waals surface area contributed by atoms with Crippen LogP contribution in [-0.2, 0) is 11.2 Å². The second kappa shape index (κ2) is 5.86. The van der Waals surface area contributed by atoms with Gasteiger partial charge in [0, 0.05) is 22.7 Å². The lowest BCUT2D eigenvalue weighted by Crippen LogP contribution is -2.38. The zero-order valence-corrected chi connectivity index (χ0v) is 14.0. The first-order chi connectivity index (χ1) is 10.9. The maximum absolute atomic E-state index is 12.8. The average Bonchev–Trinajstić information content (AvgIpc) is 2.51. The van der Waals surface area contributed by atoms with Crippen LogP contribution < -0.4 is 15.4 Å². The average molecular weight is 353 g/mol. The molecule has 3 rings (SSSR count). The Labute approximate surface area is 143 Å². The first-order valence-corrected chi connectivity index (χ1v) is 7.61. The largest absolute Gasteiger partial charge is 0.481 e. The number of fused-ring (bicyclic) bond motifs is 1. The number of likely N-dealkylation sites (N-methyl/N-ethyl adjacent to an activating group) is 1. The molecule has 120 valence electrons. The van der Waals surface area contributed by atoms with Crippen LogP contribution in [0.4, 0.5) is 11.8 Å². The molecule has 1 atom stereocenters. The first-order valence-electron chi connectivity index (χ1n) is 6.86. The van der Waals surface area contributed by atoms with Gasteiger partial charge in [0.2, 0.25) is 17.7 Å². The van der Waals surface area contributed by atoms with Crippen LogP contribution >= 0.6 is 23.2 Å². The van der Waals surface area contributed by atoms with Crippen LogP contribution in [0.3, 0.4) is 0 Å². The lowest BCUT2D eigenvalue weighted by molar-refractivity contribution is -0.120. The molecule has 23 heavy (non-hydrogen) atoms. The quantitative estimate of drug-likeness (QED) is 0.898. The zero-order chi connectivity index (χ0) is 16.7. The molecular formula is C15H14Cl2N4O2. The molecule has 2 N–H and O–H groups in total. The number of nitrogens with two attached hydrogens (primary N) is 1. The normalized spacial score (nSPS) is 17.1. The fourth-order valence-electron chi connectivity index (χ4n) is 2.79. The maximum atomic E-state index is 12.8. The second-order valence-corrected chi connectivity index (χ2v) is 6.00. The molecule has 0 spiro atoms. The minimum Gasteiger partial charge on any atom is -0.481 e. The van der Waals surface area contributed by atoms with Crippen molar-refractivity contribution >= 4 is 40.9 Å². The molecule has 1 amide bonds. The Hall–Kier alpha value is -2.05. The molecule has 2 aromatic rings. The number of benzene rings is 1. The number of amides is 1. The Morgan fingerprint density at radius 1 is 1.30 bits per heavy atom. The summed E-state index contributed by atoms with van der Waals surface area (Å²) < 4.78 is 5.29. The van der Waals surface area contributed by atoms with Crippen LogP contribution in [0.5, 0.6) is 5.88 Å². The number of aromatic nitrogens is 2. The van der Waals surface area contributed by atoms with E-state index in [1.165, 1.54) is 12.0 Å². The van der Waals surface area contributed by atoms with Gasteiger partial charge in [0.15, 0.2) is 0 Å². The van der Waals surface area contributed by atoms with Crippen LogP contribution in [0.25, 0.3) is 0 Å². The molecule has 1 aliphatic heterocycles. The molecule has 2 heterocycles. The van der Waals surface area contributed by atoms with E-state index in [1.54, 1.807) is 25.2 Å². The lowest BCUT2D eigenvalue weighted by Gasteiger charge is -2.32. The monoisotopic (exact) mass is 352 g/mol. The van der Waals surface area contributed by atoms with Gasteiger partial charge >= 0.3 is 0 Å². The Morgan fingerprint density at radius 2 is 1.96 bits per heavy atom. The van der Waals surface area contributed by atoms with E-state index in [-0.39, 0.29) is 11.9 Å². The van der Waals surface area contributed by atoms with Crippen molar-refractivity contribution in [3.05, 3.63) is 39.4 Å². The molecule has 1 aromatic heterocycles. The molecule has 1 unspecified atom stereocenters. The van der Waals surface area contributed by atoms with Gasteiger partial charge in [-0.25, -0.2) is 0 Å². The fraction of sp³-hybridized carbons (Fsp3) is 0.267. The minimum atomic E-state index is -0.533. The van der Waals surface area contributed by atoms with Gasteiger partial charge in [-0.2, -0.15) is 9.97 Å². The Balaban J connectivity index is 2.16. The van der Waals surface area contributed by atoms with Gasteiger partial charge in [-0.3, -0.25) is 9.69 Å². The van der Waals surface area contributed by atoms with Gasteiger partial charge in [0.1, 0.15) is 5.82 Å². The number of halogens is 2. The zero-order valence-electron chi connectivity index (χ0n) is 12.5. The SMILES string of the molecule is COc1nc(N)nc2c1CC(c1c(Cl)cccc1Cl)C(=O)N2C. The number of carbonyl (C=O) groups is 1. The van der Waals surface area contributed by atoms with Crippen molar-refractivity contribution in [2.45, 2.75) is 12.3 Å². The highest BCUT2D eigenvalue weighted by atomic mass is 35.5. The molecule has 0 saturated heterocycles. The summed E-state index contributed by atoms with van der Waals surface area (Å²) in [5.41, 5.74) is 6.97. The molecule has 0 fully saturated rings. The molecule has 0 aliphatic carbocycles. The van der Waals surface area contributed by atoms with Crippen LogP contribution in [0.2, 0.25) is 10.0 Å². The Morgan fingerprint density at radius 3 is 2.57 bits per heavy atom. The highest BCUT2D eigenvalue weighted by Gasteiger charge is 2.37. The van der Waals surface area contributed by atoms with Gasteiger partial charge in [-0.15, -0.1) is 0 Å². The number of methoxy groups -OCH3 is 1. The van der Waals surface area contributed by atoms with E-state index in [4.69, 9.17) is 33.7 Å². The number of carbonyl (C=O) groups excluding carboxylic acids is 1. The summed E-state index contributed by atoms with van der Waals surface area (Å²) in [4.78, 5) is 22.4. The van der Waals surface area contributed by atoms with Crippen LogP contribution in [0, 0.1) is 0 Å². The third kappa shape index (κ3) is 2.58. The third-order valence-electron chi connectivity index (χ3n) is 3.86. The summed E-state index contributed by atoms with van der Waals surface area (Å²) in [6, 6.07) is 5.16. The number of hydrogen-bond donors (Lipinski definition) is 1. The topological polar surface area (TPSA) is 81.3 Å². The predicted octanol–water partition coefficient (Wildman–Crippen LogP) is 2.68. The molecule has 8 heteroatoms. The number of rotatable bonds is 2. The van der Waals surface area contributed by atoms with Crippen LogP contribution in [0.15, 0.2) is 18.2 Å². The number of hydrogen-bond acceptors (Lipinski definition) is 5. The summed E-state index contributed by atoms with van der Waals surface area (Å²) >= 11 is 12.5. The van der Waals surface area contributed by atoms with Gasteiger partial charge in [0.25, 0.3) is 0 Å². The van der Waals surface area contributed by atoms with Crippen molar-refractivity contribution in [1.82, 2.24) is 9.97 Å². The van der Waals surface area contributed by atoms with E-state index >= 15 is 0 Å². The van der Waals surface area contributed by atoms with Gasteiger partial charge < -0.3 is 10.5 Å². The van der Waals surface area contributed by atoms with Crippen molar-refractivity contribution in [2.75, 3.05) is 24.8 Å². The van der Waals surface area contributed by atoms with Gasteiger partial charge in [0.05, 0.1) is 18.6 Å². The van der Waals surface area contributed by atoms with Crippen LogP contribution in [-0.4, -0.2) is 30.0 Å². The van der Waals surface area contributed by atoms with E-state index in [9.17, 15) is 4.79 Å². The molecule has 1 aromatic carbocycles. The van der Waals surface area contributed by atoms with Gasteiger partial charge in [-0.05, 0) is 18.6 Å². The third-order valence-corrected chi connectivity index (χ3v) is 4.52. The van der Waals surface area contributed by atoms with Crippen molar-refractivity contribution < 1.29 is 9.53 Å². The minimum absolute atomic E-state index is 0.0504. The molecule has 0 bridgehead atoms. The van der Waals surface area contributed by atoms with E-state index < -0.39 is 5.92 Å². The van der Waals surface area contributed by atoms with E-state index in [2.05, 4.69) is 9.97 Å². The van der Waals surface area contributed by atoms with E-state index in [0.717, 1.165) is 0 Å². The Kier molecular flexibility index (Phi) is 4.04.